The summed E-state index contributed by atoms with van der Waals surface area (Å²) in [5.74, 6) is 0. The molecule has 5 heteroatoms. The highest BCUT2D eigenvalue weighted by atomic mass is 32.2. The van der Waals surface area contributed by atoms with Crippen LogP contribution in [0.2, 0.25) is 0 Å². The lowest BCUT2D eigenvalue weighted by molar-refractivity contribution is 0.729. The summed E-state index contributed by atoms with van der Waals surface area (Å²) in [6.07, 6.45) is 1.94. The lowest BCUT2D eigenvalue weighted by Crippen LogP contribution is -2.19. The average molecular weight is 316 g/mol. The molecule has 3 rings (SSSR count). The largest absolute Gasteiger partial charge is 0.290 e. The Morgan fingerprint density at radius 3 is 2.67 bits per heavy atom. The Bertz CT molecular complexity index is 893. The minimum absolute atomic E-state index is 0.0267. The third-order valence-electron chi connectivity index (χ3n) is 3.77. The molecule has 108 valence electrons. The van der Waals surface area contributed by atoms with E-state index in [4.69, 9.17) is 0 Å². The predicted octanol–water partition coefficient (Wildman–Crippen LogP) is 4.00. The van der Waals surface area contributed by atoms with Gasteiger partial charge in [0.15, 0.2) is 5.16 Å². The number of nitrogens with zero attached hydrogens (tertiary/aromatic N) is 2. The van der Waals surface area contributed by atoms with Crippen molar-refractivity contribution >= 4 is 33.3 Å². The van der Waals surface area contributed by atoms with Crippen molar-refractivity contribution in [2.45, 2.75) is 19.0 Å². The van der Waals surface area contributed by atoms with Gasteiger partial charge in [-0.1, -0.05) is 30.0 Å². The highest BCUT2D eigenvalue weighted by molar-refractivity contribution is 7.98. The van der Waals surface area contributed by atoms with Gasteiger partial charge in [-0.3, -0.25) is 9.36 Å². The van der Waals surface area contributed by atoms with E-state index in [2.05, 4.69) is 37.0 Å². The first kappa shape index (κ1) is 14.4. The van der Waals surface area contributed by atoms with Gasteiger partial charge in [-0.25, -0.2) is 4.98 Å². The zero-order chi connectivity index (χ0) is 15.1. The van der Waals surface area contributed by atoms with Crippen LogP contribution in [0.4, 0.5) is 0 Å². The molecule has 0 aliphatic rings. The van der Waals surface area contributed by atoms with Gasteiger partial charge in [-0.05, 0) is 36.8 Å². The van der Waals surface area contributed by atoms with Crippen LogP contribution in [0.3, 0.4) is 0 Å². The minimum Gasteiger partial charge on any atom is -0.290 e. The quantitative estimate of drug-likeness (QED) is 0.529. The Hall–Kier alpha value is -1.59. The van der Waals surface area contributed by atoms with Crippen LogP contribution in [0.5, 0.6) is 0 Å². The van der Waals surface area contributed by atoms with E-state index in [0.29, 0.717) is 0 Å². The van der Waals surface area contributed by atoms with Gasteiger partial charge in [-0.2, -0.15) is 0 Å². The second-order valence-electron chi connectivity index (χ2n) is 5.09. The number of hydrogen-bond acceptors (Lipinski definition) is 4. The minimum atomic E-state index is 0.0267. The van der Waals surface area contributed by atoms with Crippen LogP contribution in [0.15, 0.2) is 33.5 Å². The second-order valence-corrected chi connectivity index (χ2v) is 6.72. The first-order chi connectivity index (χ1) is 10.0. The van der Waals surface area contributed by atoms with E-state index >= 15 is 0 Å². The summed E-state index contributed by atoms with van der Waals surface area (Å²) < 4.78 is 1.63. The smallest absolute Gasteiger partial charge is 0.263 e. The molecule has 2 heterocycles. The van der Waals surface area contributed by atoms with Gasteiger partial charge in [0.05, 0.1) is 5.39 Å². The van der Waals surface area contributed by atoms with Gasteiger partial charge in [0.2, 0.25) is 0 Å². The van der Waals surface area contributed by atoms with E-state index < -0.39 is 0 Å². The van der Waals surface area contributed by atoms with Crippen LogP contribution in [0.1, 0.15) is 11.1 Å². The summed E-state index contributed by atoms with van der Waals surface area (Å²) in [6, 6.07) is 6.31. The van der Waals surface area contributed by atoms with Crippen molar-refractivity contribution in [1.29, 1.82) is 0 Å². The van der Waals surface area contributed by atoms with Gasteiger partial charge in [0.25, 0.3) is 5.56 Å². The summed E-state index contributed by atoms with van der Waals surface area (Å²) in [6.45, 7) is 4.19. The lowest BCUT2D eigenvalue weighted by atomic mass is 10.0. The molecule has 0 saturated heterocycles. The molecule has 0 radical (unpaired) electrons. The SMILES string of the molecule is CSc1nc2scc(-c3ccc(C)c(C)c3)c2c(=O)n1C. The van der Waals surface area contributed by atoms with Gasteiger partial charge in [-0.15, -0.1) is 11.3 Å². The number of benzene rings is 1. The lowest BCUT2D eigenvalue weighted by Gasteiger charge is -2.07. The standard InChI is InChI=1S/C16H16N2OS2/c1-9-5-6-11(7-10(9)2)12-8-21-14-13(12)15(19)18(3)16(17-14)20-4/h5-8H,1-4H3. The zero-order valence-corrected chi connectivity index (χ0v) is 14.1. The Balaban J connectivity index is 2.32. The molecular formula is C16H16N2OS2. The normalized spacial score (nSPS) is 11.2. The van der Waals surface area contributed by atoms with Crippen molar-refractivity contribution in [1.82, 2.24) is 9.55 Å². The Kier molecular flexibility index (Phi) is 3.63. The molecular weight excluding hydrogens is 300 g/mol. The first-order valence-electron chi connectivity index (χ1n) is 6.62. The Morgan fingerprint density at radius 1 is 1.24 bits per heavy atom. The number of thiophene rings is 1. The van der Waals surface area contributed by atoms with E-state index in [0.717, 1.165) is 26.5 Å². The number of aryl methyl sites for hydroxylation is 2. The fraction of sp³-hybridized carbons (Fsp3) is 0.250. The number of rotatable bonds is 2. The fourth-order valence-corrected chi connectivity index (χ4v) is 3.89. The molecule has 0 atom stereocenters. The molecule has 0 N–H and O–H groups in total. The van der Waals surface area contributed by atoms with Crippen molar-refractivity contribution in [2.24, 2.45) is 7.05 Å². The molecule has 1 aromatic carbocycles. The molecule has 0 amide bonds. The van der Waals surface area contributed by atoms with Gasteiger partial charge >= 0.3 is 0 Å². The molecule has 0 fully saturated rings. The molecule has 0 unspecified atom stereocenters. The molecule has 0 saturated carbocycles. The summed E-state index contributed by atoms with van der Waals surface area (Å²) in [5.41, 5.74) is 4.59. The number of hydrogen-bond donors (Lipinski definition) is 0. The van der Waals surface area contributed by atoms with Crippen LogP contribution < -0.4 is 5.56 Å². The summed E-state index contributed by atoms with van der Waals surface area (Å²) in [4.78, 5) is 18.0. The Labute approximate surface area is 131 Å². The van der Waals surface area contributed by atoms with E-state index in [1.54, 1.807) is 11.6 Å². The van der Waals surface area contributed by atoms with Gasteiger partial charge in [0, 0.05) is 18.0 Å². The van der Waals surface area contributed by atoms with Crippen LogP contribution in [0, 0.1) is 13.8 Å². The highest BCUT2D eigenvalue weighted by Crippen LogP contribution is 2.32. The molecule has 2 aromatic heterocycles. The molecule has 0 aliphatic carbocycles. The zero-order valence-electron chi connectivity index (χ0n) is 12.4. The van der Waals surface area contributed by atoms with Crippen LogP contribution in [-0.4, -0.2) is 15.8 Å². The van der Waals surface area contributed by atoms with Gasteiger partial charge < -0.3 is 0 Å². The van der Waals surface area contributed by atoms with Crippen molar-refractivity contribution < 1.29 is 0 Å². The third-order valence-corrected chi connectivity index (χ3v) is 5.38. The topological polar surface area (TPSA) is 34.9 Å². The van der Waals surface area contributed by atoms with Gasteiger partial charge in [0.1, 0.15) is 4.83 Å². The molecule has 0 aliphatic heterocycles. The van der Waals surface area contributed by atoms with Crippen LogP contribution in [-0.2, 0) is 7.05 Å². The average Bonchev–Trinajstić information content (AvgIpc) is 2.89. The molecule has 3 nitrogen and oxygen atoms in total. The monoisotopic (exact) mass is 316 g/mol. The van der Waals surface area contributed by atoms with E-state index in [1.165, 1.54) is 34.2 Å². The summed E-state index contributed by atoms with van der Waals surface area (Å²) >= 11 is 3.03. The maximum absolute atomic E-state index is 12.6. The number of fused-ring (bicyclic) bond motifs is 1. The summed E-state index contributed by atoms with van der Waals surface area (Å²) in [5, 5.41) is 3.51. The van der Waals surface area contributed by atoms with Crippen LogP contribution >= 0.6 is 23.1 Å². The fourth-order valence-electron chi connectivity index (χ4n) is 2.36. The van der Waals surface area contributed by atoms with E-state index in [9.17, 15) is 4.79 Å². The molecule has 0 spiro atoms. The predicted molar refractivity (Wildman–Crippen MR) is 91.6 cm³/mol. The summed E-state index contributed by atoms with van der Waals surface area (Å²) in [7, 11) is 1.78. The van der Waals surface area contributed by atoms with Crippen molar-refractivity contribution in [3.8, 4) is 11.1 Å². The Morgan fingerprint density at radius 2 is 2.00 bits per heavy atom. The van der Waals surface area contributed by atoms with Crippen molar-refractivity contribution in [3.05, 3.63) is 45.1 Å². The number of aromatic nitrogens is 2. The van der Waals surface area contributed by atoms with E-state index in [1.807, 2.05) is 11.6 Å². The molecule has 21 heavy (non-hydrogen) atoms. The van der Waals surface area contributed by atoms with Crippen molar-refractivity contribution in [2.75, 3.05) is 6.26 Å². The van der Waals surface area contributed by atoms with Crippen molar-refractivity contribution in [3.63, 3.8) is 0 Å². The van der Waals surface area contributed by atoms with Crippen LogP contribution in [0.25, 0.3) is 21.3 Å². The molecule has 0 bridgehead atoms. The highest BCUT2D eigenvalue weighted by Gasteiger charge is 2.15. The second kappa shape index (κ2) is 5.31. The molecule has 3 aromatic rings. The first-order valence-corrected chi connectivity index (χ1v) is 8.73. The van der Waals surface area contributed by atoms with E-state index in [-0.39, 0.29) is 5.56 Å². The number of thioether (sulfide) groups is 1. The third kappa shape index (κ3) is 2.30. The maximum atomic E-state index is 12.6. The maximum Gasteiger partial charge on any atom is 0.263 e.